The highest BCUT2D eigenvalue weighted by atomic mass is 79.9. The van der Waals surface area contributed by atoms with E-state index in [1.165, 1.54) is 5.56 Å². The lowest BCUT2D eigenvalue weighted by atomic mass is 9.87. The topological polar surface area (TPSA) is 48.2 Å². The Morgan fingerprint density at radius 1 is 1.04 bits per heavy atom. The molecule has 0 unspecified atom stereocenters. The van der Waals surface area contributed by atoms with Gasteiger partial charge in [0, 0.05) is 10.0 Å². The first-order valence-electron chi connectivity index (χ1n) is 7.67. The molecular formula is C19H19BrN2O2. The summed E-state index contributed by atoms with van der Waals surface area (Å²) in [5.74, 6) is 1.70. The van der Waals surface area contributed by atoms with Crippen molar-refractivity contribution in [2.45, 2.75) is 26.2 Å². The Labute approximate surface area is 150 Å². The first-order chi connectivity index (χ1) is 11.4. The molecule has 0 aliphatic heterocycles. The van der Waals surface area contributed by atoms with Crippen molar-refractivity contribution in [3.05, 3.63) is 52.5 Å². The molecule has 4 nitrogen and oxygen atoms in total. The fourth-order valence-corrected chi connectivity index (χ4v) is 2.78. The highest BCUT2D eigenvalue weighted by molar-refractivity contribution is 9.10. The summed E-state index contributed by atoms with van der Waals surface area (Å²) in [6, 6.07) is 13.9. The predicted octanol–water partition coefficient (Wildman–Crippen LogP) is 5.47. The molecule has 0 atom stereocenters. The van der Waals surface area contributed by atoms with Crippen LogP contribution in [0.2, 0.25) is 0 Å². The number of methoxy groups -OCH3 is 1. The second-order valence-corrected chi connectivity index (χ2v) is 7.51. The molecule has 124 valence electrons. The third-order valence-corrected chi connectivity index (χ3v) is 4.32. The average molecular weight is 387 g/mol. The van der Waals surface area contributed by atoms with Crippen LogP contribution in [-0.2, 0) is 5.41 Å². The summed E-state index contributed by atoms with van der Waals surface area (Å²) in [5, 5.41) is 4.10. The lowest BCUT2D eigenvalue weighted by molar-refractivity contribution is 0.413. The number of hydrogen-bond donors (Lipinski definition) is 0. The Kier molecular flexibility index (Phi) is 4.45. The Balaban J connectivity index is 1.95. The van der Waals surface area contributed by atoms with Crippen LogP contribution in [-0.4, -0.2) is 17.3 Å². The van der Waals surface area contributed by atoms with Gasteiger partial charge in [0.05, 0.1) is 12.7 Å². The summed E-state index contributed by atoms with van der Waals surface area (Å²) >= 11 is 3.46. The summed E-state index contributed by atoms with van der Waals surface area (Å²) in [7, 11) is 1.62. The minimum absolute atomic E-state index is 0.113. The third kappa shape index (κ3) is 3.36. The minimum Gasteiger partial charge on any atom is -0.496 e. The largest absolute Gasteiger partial charge is 0.496 e. The van der Waals surface area contributed by atoms with Crippen molar-refractivity contribution < 1.29 is 9.26 Å². The van der Waals surface area contributed by atoms with E-state index in [2.05, 4.69) is 59.0 Å². The van der Waals surface area contributed by atoms with Gasteiger partial charge in [-0.25, -0.2) is 0 Å². The van der Waals surface area contributed by atoms with E-state index in [4.69, 9.17) is 9.26 Å². The van der Waals surface area contributed by atoms with Gasteiger partial charge in [0.1, 0.15) is 5.75 Å². The first kappa shape index (κ1) is 16.7. The van der Waals surface area contributed by atoms with E-state index >= 15 is 0 Å². The maximum atomic E-state index is 5.44. The molecule has 0 N–H and O–H groups in total. The standard InChI is InChI=1S/C19H19BrN2O2/c1-19(2,3)13-7-5-12(6-8-13)18-21-17(22-24-18)15-11-14(20)9-10-16(15)23-4/h5-11H,1-4H3. The van der Waals surface area contributed by atoms with Crippen LogP contribution in [0.4, 0.5) is 0 Å². The van der Waals surface area contributed by atoms with Crippen LogP contribution in [0.15, 0.2) is 51.5 Å². The van der Waals surface area contributed by atoms with Gasteiger partial charge in [-0.05, 0) is 41.3 Å². The molecule has 0 fully saturated rings. The van der Waals surface area contributed by atoms with Gasteiger partial charge < -0.3 is 9.26 Å². The van der Waals surface area contributed by atoms with E-state index in [1.807, 2.05) is 30.3 Å². The van der Waals surface area contributed by atoms with Gasteiger partial charge in [-0.3, -0.25) is 0 Å². The van der Waals surface area contributed by atoms with Crippen molar-refractivity contribution in [2.24, 2.45) is 0 Å². The van der Waals surface area contributed by atoms with Crippen molar-refractivity contribution in [2.75, 3.05) is 7.11 Å². The third-order valence-electron chi connectivity index (χ3n) is 3.83. The highest BCUT2D eigenvalue weighted by Gasteiger charge is 2.17. The number of ether oxygens (including phenoxy) is 1. The van der Waals surface area contributed by atoms with Crippen LogP contribution < -0.4 is 4.74 Å². The van der Waals surface area contributed by atoms with Gasteiger partial charge in [-0.15, -0.1) is 0 Å². The molecule has 24 heavy (non-hydrogen) atoms. The zero-order valence-corrected chi connectivity index (χ0v) is 15.7. The summed E-state index contributed by atoms with van der Waals surface area (Å²) in [6.07, 6.45) is 0. The Hall–Kier alpha value is -2.14. The monoisotopic (exact) mass is 386 g/mol. The molecule has 0 amide bonds. The van der Waals surface area contributed by atoms with Crippen LogP contribution in [0.5, 0.6) is 5.75 Å². The van der Waals surface area contributed by atoms with Gasteiger partial charge in [-0.2, -0.15) is 4.98 Å². The Bertz CT molecular complexity index is 849. The quantitative estimate of drug-likeness (QED) is 0.598. The molecule has 3 rings (SSSR count). The summed E-state index contributed by atoms with van der Waals surface area (Å²) in [5.41, 5.74) is 3.06. The zero-order valence-electron chi connectivity index (χ0n) is 14.1. The molecule has 0 radical (unpaired) electrons. The fourth-order valence-electron chi connectivity index (χ4n) is 2.42. The van der Waals surface area contributed by atoms with Crippen LogP contribution in [0.25, 0.3) is 22.8 Å². The van der Waals surface area contributed by atoms with Crippen molar-refractivity contribution in [1.82, 2.24) is 10.1 Å². The molecule has 0 aliphatic rings. The van der Waals surface area contributed by atoms with Gasteiger partial charge >= 0.3 is 0 Å². The maximum Gasteiger partial charge on any atom is 0.258 e. The van der Waals surface area contributed by atoms with E-state index < -0.39 is 0 Å². The highest BCUT2D eigenvalue weighted by Crippen LogP contribution is 2.32. The molecule has 0 spiro atoms. The normalized spacial score (nSPS) is 11.5. The van der Waals surface area contributed by atoms with Gasteiger partial charge in [0.2, 0.25) is 5.82 Å². The molecule has 1 aromatic heterocycles. The number of nitrogens with zero attached hydrogens (tertiary/aromatic N) is 2. The second kappa shape index (κ2) is 6.40. The Morgan fingerprint density at radius 2 is 1.75 bits per heavy atom. The Morgan fingerprint density at radius 3 is 2.38 bits per heavy atom. The molecule has 2 aromatic carbocycles. The molecule has 0 bridgehead atoms. The van der Waals surface area contributed by atoms with E-state index in [-0.39, 0.29) is 5.41 Å². The molecule has 0 aliphatic carbocycles. The van der Waals surface area contributed by atoms with Crippen molar-refractivity contribution in [3.8, 4) is 28.6 Å². The first-order valence-corrected chi connectivity index (χ1v) is 8.46. The van der Waals surface area contributed by atoms with Crippen molar-refractivity contribution in [3.63, 3.8) is 0 Å². The van der Waals surface area contributed by atoms with Crippen LogP contribution in [0, 0.1) is 0 Å². The summed E-state index contributed by atoms with van der Waals surface area (Å²) in [4.78, 5) is 4.51. The van der Waals surface area contributed by atoms with Crippen LogP contribution in [0.1, 0.15) is 26.3 Å². The maximum absolute atomic E-state index is 5.44. The number of halogens is 1. The molecule has 1 heterocycles. The lowest BCUT2D eigenvalue weighted by Crippen LogP contribution is -2.10. The van der Waals surface area contributed by atoms with Crippen molar-refractivity contribution in [1.29, 1.82) is 0 Å². The van der Waals surface area contributed by atoms with Gasteiger partial charge in [0.15, 0.2) is 0 Å². The number of rotatable bonds is 3. The molecule has 3 aromatic rings. The molecular weight excluding hydrogens is 368 g/mol. The van der Waals surface area contributed by atoms with Crippen LogP contribution >= 0.6 is 15.9 Å². The van der Waals surface area contributed by atoms with Gasteiger partial charge in [-0.1, -0.05) is 54.0 Å². The molecule has 0 saturated heterocycles. The van der Waals surface area contributed by atoms with E-state index in [0.717, 1.165) is 15.6 Å². The van der Waals surface area contributed by atoms with E-state index in [1.54, 1.807) is 7.11 Å². The zero-order chi connectivity index (χ0) is 17.3. The number of benzene rings is 2. The van der Waals surface area contributed by atoms with E-state index in [9.17, 15) is 0 Å². The SMILES string of the molecule is COc1ccc(Br)cc1-c1noc(-c2ccc(C(C)(C)C)cc2)n1. The van der Waals surface area contributed by atoms with Crippen molar-refractivity contribution >= 4 is 15.9 Å². The summed E-state index contributed by atoms with van der Waals surface area (Å²) in [6.45, 7) is 6.56. The number of hydrogen-bond acceptors (Lipinski definition) is 4. The lowest BCUT2D eigenvalue weighted by Gasteiger charge is -2.18. The van der Waals surface area contributed by atoms with E-state index in [0.29, 0.717) is 17.5 Å². The fraction of sp³-hybridized carbons (Fsp3) is 0.263. The molecule has 5 heteroatoms. The minimum atomic E-state index is 0.113. The molecule has 0 saturated carbocycles. The predicted molar refractivity (Wildman–Crippen MR) is 98.1 cm³/mol. The van der Waals surface area contributed by atoms with Gasteiger partial charge in [0.25, 0.3) is 5.89 Å². The average Bonchev–Trinajstić information content (AvgIpc) is 3.04. The number of aromatic nitrogens is 2. The second-order valence-electron chi connectivity index (χ2n) is 6.60. The smallest absolute Gasteiger partial charge is 0.258 e. The van der Waals surface area contributed by atoms with Crippen LogP contribution in [0.3, 0.4) is 0 Å². The summed E-state index contributed by atoms with van der Waals surface area (Å²) < 4.78 is 11.7.